The van der Waals surface area contributed by atoms with Gasteiger partial charge in [0, 0.05) is 17.6 Å². The SMILES string of the molecule is O=C(O)[C@@H]1C[C@@H]2CCCC[C@H]2N1Cc1ccccc1Cl. The lowest BCUT2D eigenvalue weighted by Gasteiger charge is -2.33. The zero-order valence-corrected chi connectivity index (χ0v) is 12.2. The van der Waals surface area contributed by atoms with Crippen LogP contribution in [0.3, 0.4) is 0 Å². The Kier molecular flexibility index (Phi) is 3.99. The van der Waals surface area contributed by atoms with Crippen molar-refractivity contribution < 1.29 is 9.90 Å². The van der Waals surface area contributed by atoms with Crippen LogP contribution in [-0.4, -0.2) is 28.1 Å². The number of carboxylic acid groups (broad SMARTS) is 1. The molecule has 4 heteroatoms. The number of nitrogens with zero attached hydrogens (tertiary/aromatic N) is 1. The maximum absolute atomic E-state index is 11.6. The van der Waals surface area contributed by atoms with Crippen LogP contribution in [0.1, 0.15) is 37.7 Å². The zero-order chi connectivity index (χ0) is 14.1. The maximum atomic E-state index is 11.6. The number of benzene rings is 1. The molecule has 1 aliphatic carbocycles. The van der Waals surface area contributed by atoms with Gasteiger partial charge in [-0.15, -0.1) is 0 Å². The van der Waals surface area contributed by atoms with Crippen LogP contribution in [0, 0.1) is 5.92 Å². The van der Waals surface area contributed by atoms with Crippen molar-refractivity contribution in [2.75, 3.05) is 0 Å². The molecule has 0 amide bonds. The van der Waals surface area contributed by atoms with Gasteiger partial charge in [0.1, 0.15) is 6.04 Å². The Hall–Kier alpha value is -1.06. The average molecular weight is 294 g/mol. The highest BCUT2D eigenvalue weighted by Crippen LogP contribution is 2.40. The fourth-order valence-corrected chi connectivity index (χ4v) is 4.04. The summed E-state index contributed by atoms with van der Waals surface area (Å²) in [5.41, 5.74) is 1.03. The summed E-state index contributed by atoms with van der Waals surface area (Å²) in [6, 6.07) is 7.82. The third-order valence-corrected chi connectivity index (χ3v) is 5.19. The number of likely N-dealkylation sites (tertiary alicyclic amines) is 1. The number of aliphatic carboxylic acids is 1. The molecule has 1 saturated heterocycles. The summed E-state index contributed by atoms with van der Waals surface area (Å²) in [5.74, 6) is -0.140. The zero-order valence-electron chi connectivity index (χ0n) is 11.5. The summed E-state index contributed by atoms with van der Waals surface area (Å²) in [6.07, 6.45) is 5.55. The number of hydrogen-bond acceptors (Lipinski definition) is 2. The molecule has 3 nitrogen and oxygen atoms in total. The van der Waals surface area contributed by atoms with Crippen LogP contribution in [0.15, 0.2) is 24.3 Å². The third-order valence-electron chi connectivity index (χ3n) is 4.82. The lowest BCUT2D eigenvalue weighted by atomic mass is 9.84. The van der Waals surface area contributed by atoms with Crippen molar-refractivity contribution in [1.29, 1.82) is 0 Å². The first-order valence-electron chi connectivity index (χ1n) is 7.39. The first-order valence-corrected chi connectivity index (χ1v) is 7.76. The fourth-order valence-electron chi connectivity index (χ4n) is 3.85. The molecule has 1 aromatic rings. The van der Waals surface area contributed by atoms with E-state index in [-0.39, 0.29) is 6.04 Å². The Morgan fingerprint density at radius 2 is 2.05 bits per heavy atom. The van der Waals surface area contributed by atoms with Crippen LogP contribution in [0.4, 0.5) is 0 Å². The molecule has 108 valence electrons. The predicted molar refractivity (Wildman–Crippen MR) is 78.8 cm³/mol. The molecule has 0 spiro atoms. The van der Waals surface area contributed by atoms with E-state index in [1.54, 1.807) is 0 Å². The van der Waals surface area contributed by atoms with Gasteiger partial charge in [0.25, 0.3) is 0 Å². The number of hydrogen-bond donors (Lipinski definition) is 1. The summed E-state index contributed by atoms with van der Waals surface area (Å²) in [7, 11) is 0. The predicted octanol–water partition coefficient (Wildman–Crippen LogP) is 3.56. The lowest BCUT2D eigenvalue weighted by molar-refractivity contribution is -0.142. The van der Waals surface area contributed by atoms with Crippen molar-refractivity contribution >= 4 is 17.6 Å². The van der Waals surface area contributed by atoms with E-state index in [0.29, 0.717) is 18.5 Å². The van der Waals surface area contributed by atoms with E-state index in [2.05, 4.69) is 4.90 Å². The average Bonchev–Trinajstić information content (AvgIpc) is 2.81. The fraction of sp³-hybridized carbons (Fsp3) is 0.562. The van der Waals surface area contributed by atoms with E-state index in [1.807, 2.05) is 24.3 Å². The highest BCUT2D eigenvalue weighted by Gasteiger charge is 2.45. The standard InChI is InChI=1S/C16H20ClNO2/c17-13-7-3-1-6-12(13)10-18-14-8-4-2-5-11(14)9-15(18)16(19)20/h1,3,6-7,11,14-15H,2,4-5,8-10H2,(H,19,20)/t11-,14+,15-/m0/s1. The van der Waals surface area contributed by atoms with Gasteiger partial charge in [-0.3, -0.25) is 9.69 Å². The van der Waals surface area contributed by atoms with Crippen LogP contribution < -0.4 is 0 Å². The molecule has 0 radical (unpaired) electrons. The van der Waals surface area contributed by atoms with E-state index in [9.17, 15) is 9.90 Å². The second-order valence-corrected chi connectivity index (χ2v) is 6.37. The van der Waals surface area contributed by atoms with Crippen LogP contribution in [0.25, 0.3) is 0 Å². The van der Waals surface area contributed by atoms with Crippen molar-refractivity contribution in [3.8, 4) is 0 Å². The minimum atomic E-state index is -0.688. The van der Waals surface area contributed by atoms with Gasteiger partial charge < -0.3 is 5.11 Å². The molecule has 1 N–H and O–H groups in total. The normalized spacial score (nSPS) is 30.1. The number of rotatable bonds is 3. The Labute approximate surface area is 124 Å². The molecule has 1 aliphatic heterocycles. The highest BCUT2D eigenvalue weighted by atomic mass is 35.5. The first kappa shape index (κ1) is 13.9. The molecule has 0 bridgehead atoms. The molecule has 0 unspecified atom stereocenters. The van der Waals surface area contributed by atoms with E-state index >= 15 is 0 Å². The van der Waals surface area contributed by atoms with Gasteiger partial charge in [-0.05, 0) is 36.8 Å². The van der Waals surface area contributed by atoms with E-state index in [0.717, 1.165) is 23.4 Å². The quantitative estimate of drug-likeness (QED) is 0.926. The van der Waals surface area contributed by atoms with E-state index in [4.69, 9.17) is 11.6 Å². The van der Waals surface area contributed by atoms with Gasteiger partial charge in [-0.1, -0.05) is 42.6 Å². The number of carbonyl (C=O) groups is 1. The van der Waals surface area contributed by atoms with Gasteiger partial charge in [-0.25, -0.2) is 0 Å². The summed E-state index contributed by atoms with van der Waals surface area (Å²) in [6.45, 7) is 0.651. The van der Waals surface area contributed by atoms with Gasteiger partial charge in [0.05, 0.1) is 0 Å². The summed E-state index contributed by atoms with van der Waals surface area (Å²) >= 11 is 6.23. The Balaban J connectivity index is 1.84. The summed E-state index contributed by atoms with van der Waals surface area (Å²) in [5, 5.41) is 10.2. The Bertz CT molecular complexity index is 505. The number of halogens is 1. The number of carboxylic acids is 1. The van der Waals surface area contributed by atoms with Gasteiger partial charge in [0.15, 0.2) is 0 Å². The van der Waals surface area contributed by atoms with Crippen LogP contribution in [-0.2, 0) is 11.3 Å². The van der Waals surface area contributed by atoms with Crippen molar-refractivity contribution in [3.63, 3.8) is 0 Å². The summed E-state index contributed by atoms with van der Waals surface area (Å²) in [4.78, 5) is 13.7. The second kappa shape index (κ2) is 5.74. The van der Waals surface area contributed by atoms with Crippen molar-refractivity contribution in [2.45, 2.75) is 50.7 Å². The molecule has 2 aliphatic rings. The second-order valence-electron chi connectivity index (χ2n) is 5.97. The van der Waals surface area contributed by atoms with Crippen LogP contribution in [0.2, 0.25) is 5.02 Å². The van der Waals surface area contributed by atoms with Crippen molar-refractivity contribution in [1.82, 2.24) is 4.90 Å². The minimum absolute atomic E-state index is 0.348. The van der Waals surface area contributed by atoms with E-state index in [1.165, 1.54) is 19.3 Å². The summed E-state index contributed by atoms with van der Waals surface area (Å²) < 4.78 is 0. The molecule has 3 rings (SSSR count). The molecular weight excluding hydrogens is 274 g/mol. The molecule has 2 fully saturated rings. The monoisotopic (exact) mass is 293 g/mol. The van der Waals surface area contributed by atoms with E-state index < -0.39 is 5.97 Å². The Morgan fingerprint density at radius 1 is 1.30 bits per heavy atom. The van der Waals surface area contributed by atoms with Gasteiger partial charge in [-0.2, -0.15) is 0 Å². The largest absolute Gasteiger partial charge is 0.480 e. The van der Waals surface area contributed by atoms with Crippen LogP contribution in [0.5, 0.6) is 0 Å². The smallest absolute Gasteiger partial charge is 0.320 e. The van der Waals surface area contributed by atoms with Gasteiger partial charge >= 0.3 is 5.97 Å². The lowest BCUT2D eigenvalue weighted by Crippen LogP contribution is -2.41. The molecule has 1 saturated carbocycles. The van der Waals surface area contributed by atoms with Crippen molar-refractivity contribution in [3.05, 3.63) is 34.9 Å². The minimum Gasteiger partial charge on any atom is -0.480 e. The molecule has 3 atom stereocenters. The molecular formula is C16H20ClNO2. The van der Waals surface area contributed by atoms with Crippen LogP contribution >= 0.6 is 11.6 Å². The topological polar surface area (TPSA) is 40.5 Å². The molecule has 0 aromatic heterocycles. The van der Waals surface area contributed by atoms with Gasteiger partial charge in [0.2, 0.25) is 0 Å². The molecule has 1 aromatic carbocycles. The third kappa shape index (κ3) is 2.57. The number of fused-ring (bicyclic) bond motifs is 1. The Morgan fingerprint density at radius 3 is 2.80 bits per heavy atom. The maximum Gasteiger partial charge on any atom is 0.320 e. The first-order chi connectivity index (χ1) is 9.66. The molecule has 20 heavy (non-hydrogen) atoms. The highest BCUT2D eigenvalue weighted by molar-refractivity contribution is 6.31. The molecule has 1 heterocycles. The van der Waals surface area contributed by atoms with Crippen molar-refractivity contribution in [2.24, 2.45) is 5.92 Å².